The van der Waals surface area contributed by atoms with Crippen LogP contribution in [0.1, 0.15) is 76.9 Å². The molecule has 9 heteroatoms. The lowest BCUT2D eigenvalue weighted by Crippen LogP contribution is -2.44. The van der Waals surface area contributed by atoms with Gasteiger partial charge in [0.2, 0.25) is 5.91 Å². The van der Waals surface area contributed by atoms with Gasteiger partial charge in [0.05, 0.1) is 12.2 Å². The fourth-order valence-electron chi connectivity index (χ4n) is 5.13. The number of hydrogen-bond donors (Lipinski definition) is 2. The van der Waals surface area contributed by atoms with E-state index in [4.69, 9.17) is 0 Å². The van der Waals surface area contributed by atoms with Crippen LogP contribution < -0.4 is 10.6 Å². The van der Waals surface area contributed by atoms with Crippen LogP contribution in [0.4, 0.5) is 19.0 Å². The monoisotopic (exact) mass is 441 g/mol. The standard InChI is InChI=1S/C22H34F3N5O/c1-21(2,3)17-11-18(22(23,24)25)30-19(27-17)10-16(28-30)14-8-9-29(12-14)13-20(31)26-15-6-4-5-7-15/h10,14-15,17-18,27H,4-9,11-13H2,1-3H3,(H,26,31)/t14-,17-,18+/m1/s1. The van der Waals surface area contributed by atoms with E-state index >= 15 is 0 Å². The van der Waals surface area contributed by atoms with Gasteiger partial charge >= 0.3 is 6.18 Å². The maximum Gasteiger partial charge on any atom is 0.410 e. The normalized spacial score (nSPS) is 27.9. The second kappa shape index (κ2) is 8.30. The Balaban J connectivity index is 1.43. The molecule has 1 aliphatic carbocycles. The van der Waals surface area contributed by atoms with Crippen LogP contribution in [-0.2, 0) is 4.79 Å². The summed E-state index contributed by atoms with van der Waals surface area (Å²) in [5.41, 5.74) is 0.390. The highest BCUT2D eigenvalue weighted by Gasteiger charge is 2.48. The molecular formula is C22H34F3N5O. The van der Waals surface area contributed by atoms with Crippen molar-refractivity contribution in [2.24, 2.45) is 5.41 Å². The third kappa shape index (κ3) is 5.02. The van der Waals surface area contributed by atoms with Gasteiger partial charge in [0.15, 0.2) is 6.04 Å². The van der Waals surface area contributed by atoms with Crippen molar-refractivity contribution < 1.29 is 18.0 Å². The molecule has 4 rings (SSSR count). The zero-order chi connectivity index (χ0) is 22.4. The van der Waals surface area contributed by atoms with Gasteiger partial charge in [0.25, 0.3) is 0 Å². The van der Waals surface area contributed by atoms with E-state index in [1.807, 2.05) is 20.8 Å². The highest BCUT2D eigenvalue weighted by Crippen LogP contribution is 2.44. The van der Waals surface area contributed by atoms with Crippen LogP contribution in [0, 0.1) is 5.41 Å². The first-order chi connectivity index (χ1) is 14.5. The van der Waals surface area contributed by atoms with Gasteiger partial charge in [-0.25, -0.2) is 4.68 Å². The summed E-state index contributed by atoms with van der Waals surface area (Å²) in [7, 11) is 0. The number of nitrogens with zero attached hydrogens (tertiary/aromatic N) is 3. The van der Waals surface area contributed by atoms with Crippen LogP contribution in [-0.4, -0.2) is 58.5 Å². The number of carbonyl (C=O) groups is 1. The van der Waals surface area contributed by atoms with E-state index in [1.165, 1.54) is 12.8 Å². The van der Waals surface area contributed by atoms with Gasteiger partial charge in [-0.05, 0) is 37.6 Å². The summed E-state index contributed by atoms with van der Waals surface area (Å²) in [4.78, 5) is 14.4. The van der Waals surface area contributed by atoms with Gasteiger partial charge in [-0.2, -0.15) is 18.3 Å². The van der Waals surface area contributed by atoms with E-state index in [1.54, 1.807) is 6.07 Å². The topological polar surface area (TPSA) is 62.2 Å². The molecule has 6 nitrogen and oxygen atoms in total. The average molecular weight is 442 g/mol. The smallest absolute Gasteiger partial charge is 0.367 e. The van der Waals surface area contributed by atoms with Gasteiger partial charge in [-0.15, -0.1) is 0 Å². The molecule has 2 aliphatic heterocycles. The number of nitrogens with one attached hydrogen (secondary N) is 2. The molecule has 0 unspecified atom stereocenters. The van der Waals surface area contributed by atoms with E-state index < -0.39 is 12.2 Å². The zero-order valence-corrected chi connectivity index (χ0v) is 18.6. The van der Waals surface area contributed by atoms with E-state index in [0.29, 0.717) is 30.6 Å². The summed E-state index contributed by atoms with van der Waals surface area (Å²) >= 11 is 0. The van der Waals surface area contributed by atoms with Crippen molar-refractivity contribution in [3.05, 3.63) is 11.8 Å². The number of likely N-dealkylation sites (tertiary alicyclic amines) is 1. The first-order valence-corrected chi connectivity index (χ1v) is 11.4. The summed E-state index contributed by atoms with van der Waals surface area (Å²) in [5, 5.41) is 10.8. The van der Waals surface area contributed by atoms with Crippen LogP contribution in [0.2, 0.25) is 0 Å². The first-order valence-electron chi connectivity index (χ1n) is 11.4. The van der Waals surface area contributed by atoms with Gasteiger partial charge in [0.1, 0.15) is 5.82 Å². The van der Waals surface area contributed by atoms with Gasteiger partial charge < -0.3 is 10.6 Å². The third-order valence-corrected chi connectivity index (χ3v) is 7.03. The molecule has 174 valence electrons. The summed E-state index contributed by atoms with van der Waals surface area (Å²) in [5.74, 6) is 0.533. The lowest BCUT2D eigenvalue weighted by atomic mass is 9.82. The van der Waals surface area contributed by atoms with Crippen molar-refractivity contribution in [2.45, 2.75) is 89.5 Å². The van der Waals surface area contributed by atoms with Gasteiger partial charge in [-0.3, -0.25) is 9.69 Å². The van der Waals surface area contributed by atoms with Crippen molar-refractivity contribution in [1.82, 2.24) is 20.0 Å². The Morgan fingerprint density at radius 2 is 1.94 bits per heavy atom. The SMILES string of the molecule is CC(C)(C)[C@H]1C[C@@H](C(F)(F)F)n2nc([C@@H]3CCN(CC(=O)NC4CCCC4)C3)cc2N1. The number of anilines is 1. The predicted octanol–water partition coefficient (Wildman–Crippen LogP) is 4.06. The Morgan fingerprint density at radius 1 is 1.23 bits per heavy atom. The average Bonchev–Trinajstić information content (AvgIpc) is 3.38. The molecule has 1 amide bonds. The third-order valence-electron chi connectivity index (χ3n) is 7.03. The van der Waals surface area contributed by atoms with Crippen molar-refractivity contribution in [3.8, 4) is 0 Å². The maximum atomic E-state index is 13.8. The number of fused-ring (bicyclic) bond motifs is 1. The number of hydrogen-bond acceptors (Lipinski definition) is 4. The molecule has 2 fully saturated rings. The molecule has 1 saturated carbocycles. The van der Waals surface area contributed by atoms with Crippen molar-refractivity contribution >= 4 is 11.7 Å². The molecule has 3 atom stereocenters. The Labute approximate surface area is 181 Å². The van der Waals surface area contributed by atoms with Crippen LogP contribution in [0.5, 0.6) is 0 Å². The molecule has 3 heterocycles. The molecule has 3 aliphatic rings. The zero-order valence-electron chi connectivity index (χ0n) is 18.6. The van der Waals surface area contributed by atoms with Crippen LogP contribution >= 0.6 is 0 Å². The van der Waals surface area contributed by atoms with E-state index in [-0.39, 0.29) is 29.7 Å². The number of carbonyl (C=O) groups excluding carboxylic acids is 1. The minimum absolute atomic E-state index is 0.0285. The molecule has 2 N–H and O–H groups in total. The molecular weight excluding hydrogens is 407 g/mol. The Bertz CT molecular complexity index is 794. The number of halogens is 3. The minimum Gasteiger partial charge on any atom is -0.367 e. The van der Waals surface area contributed by atoms with E-state index in [0.717, 1.165) is 30.5 Å². The van der Waals surface area contributed by atoms with E-state index in [9.17, 15) is 18.0 Å². The maximum absolute atomic E-state index is 13.8. The fraction of sp³-hybridized carbons (Fsp3) is 0.818. The second-order valence-corrected chi connectivity index (χ2v) is 10.5. The first kappa shape index (κ1) is 22.4. The van der Waals surface area contributed by atoms with Crippen molar-refractivity contribution in [2.75, 3.05) is 25.0 Å². The van der Waals surface area contributed by atoms with E-state index in [2.05, 4.69) is 20.6 Å². The quantitative estimate of drug-likeness (QED) is 0.740. The minimum atomic E-state index is -4.34. The molecule has 0 radical (unpaired) electrons. The Kier molecular flexibility index (Phi) is 6.00. The summed E-state index contributed by atoms with van der Waals surface area (Å²) in [6.07, 6.45) is 0.875. The number of alkyl halides is 3. The highest BCUT2D eigenvalue weighted by molar-refractivity contribution is 5.78. The largest absolute Gasteiger partial charge is 0.410 e. The Hall–Kier alpha value is -1.77. The number of rotatable bonds is 4. The van der Waals surface area contributed by atoms with Crippen molar-refractivity contribution in [3.63, 3.8) is 0 Å². The van der Waals surface area contributed by atoms with Crippen LogP contribution in [0.3, 0.4) is 0 Å². The summed E-state index contributed by atoms with van der Waals surface area (Å²) in [6.45, 7) is 7.61. The predicted molar refractivity (Wildman–Crippen MR) is 113 cm³/mol. The van der Waals surface area contributed by atoms with Crippen molar-refractivity contribution in [1.29, 1.82) is 0 Å². The Morgan fingerprint density at radius 3 is 2.58 bits per heavy atom. The van der Waals surface area contributed by atoms with Gasteiger partial charge in [-0.1, -0.05) is 33.6 Å². The molecule has 1 aromatic heterocycles. The lowest BCUT2D eigenvalue weighted by molar-refractivity contribution is -0.175. The van der Waals surface area contributed by atoms with Crippen LogP contribution in [0.15, 0.2) is 6.07 Å². The summed E-state index contributed by atoms with van der Waals surface area (Å²) < 4.78 is 42.5. The lowest BCUT2D eigenvalue weighted by Gasteiger charge is -2.39. The molecule has 0 aromatic carbocycles. The number of aromatic nitrogens is 2. The summed E-state index contributed by atoms with van der Waals surface area (Å²) in [6, 6.07) is 0.183. The van der Waals surface area contributed by atoms with Gasteiger partial charge in [0, 0.05) is 30.6 Å². The molecule has 1 saturated heterocycles. The number of amides is 1. The highest BCUT2D eigenvalue weighted by atomic mass is 19.4. The molecule has 0 bridgehead atoms. The molecule has 31 heavy (non-hydrogen) atoms. The molecule has 1 aromatic rings. The molecule has 0 spiro atoms. The fourth-order valence-corrected chi connectivity index (χ4v) is 5.13. The van der Waals surface area contributed by atoms with Crippen LogP contribution in [0.25, 0.3) is 0 Å². The second-order valence-electron chi connectivity index (χ2n) is 10.5.